The fourth-order valence-electron chi connectivity index (χ4n) is 2.72. The van der Waals surface area contributed by atoms with Crippen LogP contribution in [-0.2, 0) is 13.1 Å². The lowest BCUT2D eigenvalue weighted by Crippen LogP contribution is -2.27. The average Bonchev–Trinajstić information content (AvgIpc) is 2.71. The van der Waals surface area contributed by atoms with Gasteiger partial charge in [0.15, 0.2) is 0 Å². The van der Waals surface area contributed by atoms with Gasteiger partial charge in [-0.25, -0.2) is 9.07 Å². The Morgan fingerprint density at radius 1 is 1.24 bits per heavy atom. The maximum atomic E-state index is 14.3. The molecule has 0 unspecified atom stereocenters. The molecule has 0 atom stereocenters. The summed E-state index contributed by atoms with van der Waals surface area (Å²) in [6.45, 7) is 1.06. The molecule has 5 nitrogen and oxygen atoms in total. The van der Waals surface area contributed by atoms with Crippen LogP contribution >= 0.6 is 15.9 Å². The van der Waals surface area contributed by atoms with E-state index in [9.17, 15) is 14.3 Å². The summed E-state index contributed by atoms with van der Waals surface area (Å²) in [4.78, 5) is 12.5. The number of aromatic nitrogens is 2. The lowest BCUT2D eigenvalue weighted by atomic mass is 10.1. The molecule has 0 spiro atoms. The Labute approximate surface area is 128 Å². The van der Waals surface area contributed by atoms with Crippen molar-refractivity contribution in [3.8, 4) is 22.8 Å². The van der Waals surface area contributed by atoms with Crippen molar-refractivity contribution in [2.75, 3.05) is 7.11 Å². The maximum Gasteiger partial charge on any atom is 0.278 e. The molecule has 0 bridgehead atoms. The highest BCUT2D eigenvalue weighted by molar-refractivity contribution is 9.10. The van der Waals surface area contributed by atoms with Crippen molar-refractivity contribution in [1.29, 1.82) is 0 Å². The second-order valence-electron chi connectivity index (χ2n) is 4.92. The molecule has 0 amide bonds. The molecule has 2 aromatic rings. The van der Waals surface area contributed by atoms with Crippen molar-refractivity contribution in [2.45, 2.75) is 25.9 Å². The third-order valence-corrected chi connectivity index (χ3v) is 4.14. The van der Waals surface area contributed by atoms with E-state index in [1.807, 2.05) is 0 Å². The SMILES string of the molecule is COc1cc(Br)cc(F)c1-c1c(O)n2n(c1=O)CCCC2. The molecule has 1 aromatic heterocycles. The molecule has 0 radical (unpaired) electrons. The van der Waals surface area contributed by atoms with Crippen molar-refractivity contribution in [3.05, 3.63) is 32.8 Å². The number of rotatable bonds is 2. The predicted molar refractivity (Wildman–Crippen MR) is 79.2 cm³/mol. The van der Waals surface area contributed by atoms with Crippen LogP contribution in [-0.4, -0.2) is 21.6 Å². The van der Waals surface area contributed by atoms with Gasteiger partial charge in [0.25, 0.3) is 5.56 Å². The highest BCUT2D eigenvalue weighted by Crippen LogP contribution is 2.38. The topological polar surface area (TPSA) is 56.4 Å². The van der Waals surface area contributed by atoms with Gasteiger partial charge in [-0.15, -0.1) is 0 Å². The van der Waals surface area contributed by atoms with Gasteiger partial charge in [0.2, 0.25) is 5.88 Å². The molecule has 3 rings (SSSR count). The van der Waals surface area contributed by atoms with Gasteiger partial charge in [-0.2, -0.15) is 0 Å². The lowest BCUT2D eigenvalue weighted by Gasteiger charge is -2.16. The Morgan fingerprint density at radius 3 is 2.52 bits per heavy atom. The van der Waals surface area contributed by atoms with E-state index in [0.717, 1.165) is 12.8 Å². The molecule has 1 N–H and O–H groups in total. The zero-order valence-corrected chi connectivity index (χ0v) is 13.0. The van der Waals surface area contributed by atoms with Gasteiger partial charge in [0.1, 0.15) is 17.1 Å². The number of aromatic hydroxyl groups is 1. The largest absolute Gasteiger partial charge is 0.496 e. The molecule has 0 fully saturated rings. The van der Waals surface area contributed by atoms with Gasteiger partial charge in [-0.3, -0.25) is 9.48 Å². The standard InChI is InChI=1S/C14H14BrFN2O3/c1-21-10-7-8(15)6-9(16)11(10)12-13(19)17-4-2-3-5-18(17)14(12)20/h6-7,19H,2-5H2,1H3. The van der Waals surface area contributed by atoms with Crippen LogP contribution in [0.3, 0.4) is 0 Å². The number of halogens is 2. The Kier molecular flexibility index (Phi) is 3.52. The Hall–Kier alpha value is -1.76. The number of hydrogen-bond donors (Lipinski definition) is 1. The quantitative estimate of drug-likeness (QED) is 0.899. The van der Waals surface area contributed by atoms with Gasteiger partial charge < -0.3 is 9.84 Å². The normalized spacial score (nSPS) is 14.0. The average molecular weight is 357 g/mol. The van der Waals surface area contributed by atoms with Crippen molar-refractivity contribution in [2.24, 2.45) is 0 Å². The number of benzene rings is 1. The van der Waals surface area contributed by atoms with Crippen molar-refractivity contribution in [1.82, 2.24) is 9.36 Å². The Balaban J connectivity index is 2.32. The molecule has 112 valence electrons. The number of hydrogen-bond acceptors (Lipinski definition) is 3. The smallest absolute Gasteiger partial charge is 0.278 e. The second-order valence-corrected chi connectivity index (χ2v) is 5.84. The fourth-order valence-corrected chi connectivity index (χ4v) is 3.13. The van der Waals surface area contributed by atoms with E-state index in [0.29, 0.717) is 17.6 Å². The first-order valence-corrected chi connectivity index (χ1v) is 7.40. The van der Waals surface area contributed by atoms with E-state index in [-0.39, 0.29) is 22.8 Å². The third-order valence-electron chi connectivity index (χ3n) is 3.69. The van der Waals surface area contributed by atoms with E-state index in [4.69, 9.17) is 4.74 Å². The molecule has 0 saturated carbocycles. The van der Waals surface area contributed by atoms with Crippen molar-refractivity contribution in [3.63, 3.8) is 0 Å². The first kappa shape index (κ1) is 14.2. The highest BCUT2D eigenvalue weighted by Gasteiger charge is 2.27. The van der Waals surface area contributed by atoms with Gasteiger partial charge in [-0.05, 0) is 25.0 Å². The second kappa shape index (κ2) is 5.22. The number of ether oxygens (including phenoxy) is 1. The van der Waals surface area contributed by atoms with Crippen molar-refractivity contribution < 1.29 is 14.2 Å². The van der Waals surface area contributed by atoms with E-state index in [1.165, 1.54) is 22.5 Å². The summed E-state index contributed by atoms with van der Waals surface area (Å²) < 4.78 is 23.0. The van der Waals surface area contributed by atoms with E-state index in [2.05, 4.69) is 15.9 Å². The zero-order valence-electron chi connectivity index (χ0n) is 11.4. The van der Waals surface area contributed by atoms with Crippen LogP contribution in [0.5, 0.6) is 11.6 Å². The van der Waals surface area contributed by atoms with E-state index in [1.54, 1.807) is 6.07 Å². The molecular formula is C14H14BrFN2O3. The van der Waals surface area contributed by atoms with Crippen LogP contribution in [0.2, 0.25) is 0 Å². The fraction of sp³-hybridized carbons (Fsp3) is 0.357. The van der Waals surface area contributed by atoms with Crippen LogP contribution in [0.4, 0.5) is 4.39 Å². The number of nitrogens with zero attached hydrogens (tertiary/aromatic N) is 2. The monoisotopic (exact) mass is 356 g/mol. The Morgan fingerprint density at radius 2 is 1.90 bits per heavy atom. The van der Waals surface area contributed by atoms with Crippen molar-refractivity contribution >= 4 is 15.9 Å². The van der Waals surface area contributed by atoms with Crippen LogP contribution in [0.25, 0.3) is 11.1 Å². The predicted octanol–water partition coefficient (Wildman–Crippen LogP) is 2.73. The molecule has 7 heteroatoms. The summed E-state index contributed by atoms with van der Waals surface area (Å²) in [5.74, 6) is -0.616. The van der Waals surface area contributed by atoms with Gasteiger partial charge in [0, 0.05) is 17.6 Å². The lowest BCUT2D eigenvalue weighted by molar-refractivity contribution is 0.305. The van der Waals surface area contributed by atoms with E-state index >= 15 is 0 Å². The summed E-state index contributed by atoms with van der Waals surface area (Å²) in [5, 5.41) is 10.3. The minimum Gasteiger partial charge on any atom is -0.496 e. The molecular weight excluding hydrogens is 343 g/mol. The van der Waals surface area contributed by atoms with Gasteiger partial charge in [0.05, 0.1) is 12.7 Å². The van der Waals surface area contributed by atoms with Crippen LogP contribution in [0, 0.1) is 5.82 Å². The molecule has 2 heterocycles. The Bertz CT molecular complexity index is 767. The van der Waals surface area contributed by atoms with Gasteiger partial charge >= 0.3 is 0 Å². The van der Waals surface area contributed by atoms with Gasteiger partial charge in [-0.1, -0.05) is 15.9 Å². The summed E-state index contributed by atoms with van der Waals surface area (Å²) in [6, 6.07) is 2.82. The molecule has 1 aliphatic rings. The zero-order chi connectivity index (χ0) is 15.1. The summed E-state index contributed by atoms with van der Waals surface area (Å²) in [6.07, 6.45) is 1.74. The minimum atomic E-state index is -0.614. The third kappa shape index (κ3) is 2.16. The van der Waals surface area contributed by atoms with Crippen LogP contribution in [0.15, 0.2) is 21.4 Å². The highest BCUT2D eigenvalue weighted by atomic mass is 79.9. The summed E-state index contributed by atoms with van der Waals surface area (Å²) in [7, 11) is 1.40. The molecule has 1 aromatic carbocycles. The van der Waals surface area contributed by atoms with E-state index < -0.39 is 11.4 Å². The first-order chi connectivity index (χ1) is 10.0. The van der Waals surface area contributed by atoms with Crippen LogP contribution < -0.4 is 10.3 Å². The molecule has 1 aliphatic heterocycles. The minimum absolute atomic E-state index is 0.00222. The van der Waals surface area contributed by atoms with Crippen LogP contribution in [0.1, 0.15) is 12.8 Å². The summed E-state index contributed by atoms with van der Waals surface area (Å²) >= 11 is 3.18. The molecule has 21 heavy (non-hydrogen) atoms. The maximum absolute atomic E-state index is 14.3. The molecule has 0 saturated heterocycles. The first-order valence-electron chi connectivity index (χ1n) is 6.60. The summed E-state index contributed by atoms with van der Waals surface area (Å²) in [5.41, 5.74) is -0.442. The number of methoxy groups -OCH3 is 1. The molecule has 0 aliphatic carbocycles. The number of fused-ring (bicyclic) bond motifs is 1.